The fraction of sp³-hybridized carbons (Fsp3) is 0.562. The van der Waals surface area contributed by atoms with Gasteiger partial charge >= 0.3 is 0 Å². The molecule has 0 bridgehead atoms. The molecule has 0 aliphatic heterocycles. The second-order valence-electron chi connectivity index (χ2n) is 5.49. The van der Waals surface area contributed by atoms with Gasteiger partial charge in [0.25, 0.3) is 0 Å². The van der Waals surface area contributed by atoms with Crippen molar-refractivity contribution in [3.8, 4) is 11.5 Å². The summed E-state index contributed by atoms with van der Waals surface area (Å²) in [4.78, 5) is 11.8. The Hall–Kier alpha value is -1.75. The van der Waals surface area contributed by atoms with E-state index >= 15 is 0 Å². The summed E-state index contributed by atoms with van der Waals surface area (Å²) in [7, 11) is 3.45. The van der Waals surface area contributed by atoms with Crippen molar-refractivity contribution in [3.63, 3.8) is 0 Å². The van der Waals surface area contributed by atoms with Crippen LogP contribution in [0.4, 0.5) is 0 Å². The second kappa shape index (κ2) is 6.80. The monoisotopic (exact) mass is 292 g/mol. The zero-order chi connectivity index (χ0) is 15.3. The number of likely N-dealkylation sites (N-methyl/N-ethyl adjacent to an activating group) is 1. The van der Waals surface area contributed by atoms with E-state index < -0.39 is 5.54 Å². The Morgan fingerprint density at radius 3 is 2.62 bits per heavy atom. The van der Waals surface area contributed by atoms with Crippen molar-refractivity contribution < 1.29 is 14.3 Å². The van der Waals surface area contributed by atoms with Crippen molar-refractivity contribution in [3.05, 3.63) is 24.3 Å². The number of carbonyl (C=O) groups excluding carboxylic acids is 1. The first-order valence-corrected chi connectivity index (χ1v) is 7.38. The van der Waals surface area contributed by atoms with Crippen LogP contribution in [-0.4, -0.2) is 32.2 Å². The van der Waals surface area contributed by atoms with E-state index in [1.54, 1.807) is 7.11 Å². The Kier molecular flexibility index (Phi) is 5.07. The maximum absolute atomic E-state index is 11.8. The van der Waals surface area contributed by atoms with Gasteiger partial charge in [-0.3, -0.25) is 4.79 Å². The maximum Gasteiger partial charge on any atom is 0.238 e. The fourth-order valence-corrected chi connectivity index (χ4v) is 3.24. The predicted molar refractivity (Wildman–Crippen MR) is 81.4 cm³/mol. The van der Waals surface area contributed by atoms with Gasteiger partial charge in [0.05, 0.1) is 13.7 Å². The molecule has 1 aliphatic rings. The normalized spacial score (nSPS) is 24.8. The molecule has 21 heavy (non-hydrogen) atoms. The molecule has 3 N–H and O–H groups in total. The summed E-state index contributed by atoms with van der Waals surface area (Å²) in [6.45, 7) is 0.577. The molecule has 1 aromatic carbocycles. The molecule has 2 unspecified atom stereocenters. The van der Waals surface area contributed by atoms with Gasteiger partial charge in [0, 0.05) is 0 Å². The third-order valence-electron chi connectivity index (χ3n) is 4.50. The molecule has 1 amide bonds. The summed E-state index contributed by atoms with van der Waals surface area (Å²) in [6.07, 6.45) is 3.66. The van der Waals surface area contributed by atoms with Crippen LogP contribution in [0.1, 0.15) is 25.7 Å². The van der Waals surface area contributed by atoms with Crippen LogP contribution in [0.5, 0.6) is 11.5 Å². The summed E-state index contributed by atoms with van der Waals surface area (Å²) >= 11 is 0. The summed E-state index contributed by atoms with van der Waals surface area (Å²) < 4.78 is 10.9. The van der Waals surface area contributed by atoms with Gasteiger partial charge in [0.1, 0.15) is 17.0 Å². The first-order chi connectivity index (χ1) is 10.1. The quantitative estimate of drug-likeness (QED) is 0.802. The van der Waals surface area contributed by atoms with Gasteiger partial charge in [0.15, 0.2) is 0 Å². The first-order valence-electron chi connectivity index (χ1n) is 7.38. The van der Waals surface area contributed by atoms with Crippen molar-refractivity contribution >= 4 is 5.91 Å². The molecule has 0 heterocycles. The lowest BCUT2D eigenvalue weighted by atomic mass is 9.84. The second-order valence-corrected chi connectivity index (χ2v) is 5.49. The van der Waals surface area contributed by atoms with E-state index in [9.17, 15) is 4.79 Å². The van der Waals surface area contributed by atoms with Crippen molar-refractivity contribution in [2.45, 2.75) is 31.2 Å². The highest BCUT2D eigenvalue weighted by molar-refractivity contribution is 5.85. The lowest BCUT2D eigenvalue weighted by Gasteiger charge is -2.32. The van der Waals surface area contributed by atoms with E-state index in [2.05, 4.69) is 5.32 Å². The van der Waals surface area contributed by atoms with Gasteiger partial charge in [-0.1, -0.05) is 6.42 Å². The number of nitrogens with one attached hydrogen (secondary N) is 1. The summed E-state index contributed by atoms with van der Waals surface area (Å²) in [5, 5.41) is 3.14. The Morgan fingerprint density at radius 1 is 1.38 bits per heavy atom. The topological polar surface area (TPSA) is 73.6 Å². The average Bonchev–Trinajstić information content (AvgIpc) is 2.92. The highest BCUT2D eigenvalue weighted by Gasteiger charge is 2.46. The number of methoxy groups -OCH3 is 1. The van der Waals surface area contributed by atoms with E-state index in [1.807, 2.05) is 31.3 Å². The summed E-state index contributed by atoms with van der Waals surface area (Å²) in [6, 6.07) is 7.50. The third-order valence-corrected chi connectivity index (χ3v) is 4.50. The number of carbonyl (C=O) groups is 1. The third kappa shape index (κ3) is 3.29. The zero-order valence-corrected chi connectivity index (χ0v) is 12.7. The van der Waals surface area contributed by atoms with Gasteiger partial charge in [0.2, 0.25) is 5.91 Å². The molecular weight excluding hydrogens is 268 g/mol. The van der Waals surface area contributed by atoms with Crippen LogP contribution in [0, 0.1) is 5.92 Å². The molecule has 0 aromatic heterocycles. The molecule has 5 heteroatoms. The Labute approximate surface area is 125 Å². The molecule has 2 rings (SSSR count). The minimum atomic E-state index is -0.566. The highest BCUT2D eigenvalue weighted by atomic mass is 16.5. The number of primary amides is 1. The largest absolute Gasteiger partial charge is 0.497 e. The molecule has 116 valence electrons. The van der Waals surface area contributed by atoms with Crippen molar-refractivity contribution in [2.24, 2.45) is 11.7 Å². The molecule has 0 saturated heterocycles. The van der Waals surface area contributed by atoms with Gasteiger partial charge in [-0.25, -0.2) is 0 Å². The van der Waals surface area contributed by atoms with Crippen LogP contribution >= 0.6 is 0 Å². The Balaban J connectivity index is 1.88. The fourth-order valence-electron chi connectivity index (χ4n) is 3.24. The van der Waals surface area contributed by atoms with E-state index in [-0.39, 0.29) is 11.8 Å². The number of rotatable bonds is 7. The van der Waals surface area contributed by atoms with Crippen molar-refractivity contribution in [2.75, 3.05) is 20.8 Å². The highest BCUT2D eigenvalue weighted by Crippen LogP contribution is 2.37. The molecule has 1 fully saturated rings. The SMILES string of the molecule is CNC1(C(N)=O)CCCC1CCOc1ccc(OC)cc1. The number of benzene rings is 1. The van der Waals surface area contributed by atoms with Gasteiger partial charge in [-0.2, -0.15) is 0 Å². The molecule has 0 spiro atoms. The summed E-state index contributed by atoms with van der Waals surface area (Å²) in [5.74, 6) is 1.60. The maximum atomic E-state index is 11.8. The van der Waals surface area contributed by atoms with Crippen molar-refractivity contribution in [1.29, 1.82) is 0 Å². The van der Waals surface area contributed by atoms with Crippen LogP contribution in [0.3, 0.4) is 0 Å². The molecule has 1 aromatic rings. The first kappa shape index (κ1) is 15.6. The Morgan fingerprint density at radius 2 is 2.05 bits per heavy atom. The number of hydrogen-bond acceptors (Lipinski definition) is 4. The van der Waals surface area contributed by atoms with Gasteiger partial charge in [-0.15, -0.1) is 0 Å². The van der Waals surface area contributed by atoms with E-state index in [4.69, 9.17) is 15.2 Å². The molecule has 1 aliphatic carbocycles. The minimum Gasteiger partial charge on any atom is -0.497 e. The number of ether oxygens (including phenoxy) is 2. The van der Waals surface area contributed by atoms with Crippen LogP contribution in [-0.2, 0) is 4.79 Å². The number of nitrogens with two attached hydrogens (primary N) is 1. The zero-order valence-electron chi connectivity index (χ0n) is 12.7. The molecule has 2 atom stereocenters. The van der Waals surface area contributed by atoms with E-state index in [0.29, 0.717) is 6.61 Å². The van der Waals surface area contributed by atoms with Crippen LogP contribution in [0.15, 0.2) is 24.3 Å². The van der Waals surface area contributed by atoms with E-state index in [1.165, 1.54) is 0 Å². The van der Waals surface area contributed by atoms with E-state index in [0.717, 1.165) is 37.2 Å². The smallest absolute Gasteiger partial charge is 0.238 e. The van der Waals surface area contributed by atoms with Gasteiger partial charge < -0.3 is 20.5 Å². The summed E-state index contributed by atoms with van der Waals surface area (Å²) in [5.41, 5.74) is 5.03. The number of hydrogen-bond donors (Lipinski definition) is 2. The van der Waals surface area contributed by atoms with Crippen LogP contribution < -0.4 is 20.5 Å². The van der Waals surface area contributed by atoms with Crippen molar-refractivity contribution in [1.82, 2.24) is 5.32 Å². The predicted octanol–water partition coefficient (Wildman–Crippen LogP) is 1.71. The lowest BCUT2D eigenvalue weighted by molar-refractivity contribution is -0.125. The molecule has 1 saturated carbocycles. The molecule has 5 nitrogen and oxygen atoms in total. The lowest BCUT2D eigenvalue weighted by Crippen LogP contribution is -2.56. The Bertz CT molecular complexity index is 475. The average molecular weight is 292 g/mol. The number of amides is 1. The minimum absolute atomic E-state index is 0.234. The standard InChI is InChI=1S/C16H24N2O3/c1-18-16(15(17)19)10-3-4-12(16)9-11-21-14-7-5-13(20-2)6-8-14/h5-8,12,18H,3-4,9-11H2,1-2H3,(H2,17,19). The molecular formula is C16H24N2O3. The molecule has 0 radical (unpaired) electrons. The van der Waals surface area contributed by atoms with Crippen LogP contribution in [0.25, 0.3) is 0 Å². The van der Waals surface area contributed by atoms with Gasteiger partial charge in [-0.05, 0) is 56.5 Å². The van der Waals surface area contributed by atoms with Crippen LogP contribution in [0.2, 0.25) is 0 Å².